The van der Waals surface area contributed by atoms with Gasteiger partial charge in [0.15, 0.2) is 10.4 Å². The number of carbonyl (C=O) groups is 1. The fraction of sp³-hybridized carbons (Fsp3) is 0.333. The van der Waals surface area contributed by atoms with Crippen molar-refractivity contribution in [2.45, 2.75) is 44.7 Å². The van der Waals surface area contributed by atoms with Gasteiger partial charge in [0, 0.05) is 17.5 Å². The molecule has 1 amide bonds. The monoisotopic (exact) mass is 427 g/mol. The van der Waals surface area contributed by atoms with E-state index in [1.807, 2.05) is 18.2 Å². The molecule has 1 aliphatic rings. The van der Waals surface area contributed by atoms with Gasteiger partial charge in [-0.1, -0.05) is 18.2 Å². The molecule has 2 aromatic heterocycles. The molecule has 0 bridgehead atoms. The number of aromatic nitrogens is 1. The molecule has 0 aliphatic heterocycles. The summed E-state index contributed by atoms with van der Waals surface area (Å²) in [6, 6.07) is 14.3. The SMILES string of the molecule is Cc1cc(N[C@H]2CC[C@@H](NC(=O)c3ccc(Br)o3)CC2)nc2ccccc12. The minimum atomic E-state index is -0.149. The molecule has 6 heteroatoms. The zero-order valence-electron chi connectivity index (χ0n) is 15.2. The Morgan fingerprint density at radius 3 is 2.59 bits per heavy atom. The topological polar surface area (TPSA) is 67.2 Å². The first kappa shape index (κ1) is 18.0. The number of pyridine rings is 1. The maximum absolute atomic E-state index is 12.2. The van der Waals surface area contributed by atoms with Gasteiger partial charge in [0.1, 0.15) is 5.82 Å². The van der Waals surface area contributed by atoms with Crippen molar-refractivity contribution >= 4 is 38.6 Å². The van der Waals surface area contributed by atoms with Crippen molar-refractivity contribution in [3.63, 3.8) is 0 Å². The van der Waals surface area contributed by atoms with Crippen LogP contribution < -0.4 is 10.6 Å². The molecule has 4 rings (SSSR count). The molecule has 1 aliphatic carbocycles. The Morgan fingerprint density at radius 2 is 1.85 bits per heavy atom. The third-order valence-electron chi connectivity index (χ3n) is 5.13. The molecule has 1 aromatic carbocycles. The van der Waals surface area contributed by atoms with Gasteiger partial charge in [0.25, 0.3) is 5.91 Å². The zero-order valence-corrected chi connectivity index (χ0v) is 16.8. The Morgan fingerprint density at radius 1 is 1.11 bits per heavy atom. The quantitative estimate of drug-likeness (QED) is 0.610. The van der Waals surface area contributed by atoms with Crippen molar-refractivity contribution < 1.29 is 9.21 Å². The van der Waals surface area contributed by atoms with E-state index >= 15 is 0 Å². The average Bonchev–Trinajstić information content (AvgIpc) is 3.10. The third kappa shape index (κ3) is 4.16. The fourth-order valence-corrected chi connectivity index (χ4v) is 4.01. The van der Waals surface area contributed by atoms with Crippen LogP contribution in [0.25, 0.3) is 10.9 Å². The minimum Gasteiger partial charge on any atom is -0.444 e. The van der Waals surface area contributed by atoms with E-state index in [0.29, 0.717) is 16.5 Å². The van der Waals surface area contributed by atoms with Gasteiger partial charge in [0.05, 0.1) is 5.52 Å². The van der Waals surface area contributed by atoms with E-state index in [4.69, 9.17) is 9.40 Å². The van der Waals surface area contributed by atoms with Gasteiger partial charge in [-0.25, -0.2) is 4.98 Å². The molecular formula is C21H22BrN3O2. The van der Waals surface area contributed by atoms with Crippen LogP contribution in [0.4, 0.5) is 5.82 Å². The van der Waals surface area contributed by atoms with Crippen LogP contribution in [0.1, 0.15) is 41.8 Å². The molecule has 0 spiro atoms. The molecule has 0 radical (unpaired) electrons. The average molecular weight is 428 g/mol. The van der Waals surface area contributed by atoms with Crippen LogP contribution in [0.2, 0.25) is 0 Å². The molecule has 1 fully saturated rings. The molecule has 5 nitrogen and oxygen atoms in total. The number of hydrogen-bond donors (Lipinski definition) is 2. The lowest BCUT2D eigenvalue weighted by Crippen LogP contribution is -2.40. The van der Waals surface area contributed by atoms with Crippen molar-refractivity contribution in [1.29, 1.82) is 0 Å². The molecular weight excluding hydrogens is 406 g/mol. The molecule has 1 saturated carbocycles. The first-order valence-corrected chi connectivity index (χ1v) is 10.1. The molecule has 0 atom stereocenters. The smallest absolute Gasteiger partial charge is 0.287 e. The summed E-state index contributed by atoms with van der Waals surface area (Å²) < 4.78 is 5.89. The first-order chi connectivity index (χ1) is 13.1. The Bertz CT molecular complexity index is 961. The maximum Gasteiger partial charge on any atom is 0.287 e. The number of anilines is 1. The summed E-state index contributed by atoms with van der Waals surface area (Å²) >= 11 is 3.22. The van der Waals surface area contributed by atoms with Crippen molar-refractivity contribution in [2.24, 2.45) is 0 Å². The van der Waals surface area contributed by atoms with Gasteiger partial charge in [-0.05, 0) is 78.4 Å². The third-order valence-corrected chi connectivity index (χ3v) is 5.56. The Kier molecular flexibility index (Phi) is 5.16. The van der Waals surface area contributed by atoms with Gasteiger partial charge in [-0.2, -0.15) is 0 Å². The Hall–Kier alpha value is -2.34. The lowest BCUT2D eigenvalue weighted by molar-refractivity contribution is 0.0897. The minimum absolute atomic E-state index is 0.149. The summed E-state index contributed by atoms with van der Waals surface area (Å²) in [5, 5.41) is 7.84. The highest BCUT2D eigenvalue weighted by Gasteiger charge is 2.24. The second-order valence-corrected chi connectivity index (χ2v) is 7.89. The van der Waals surface area contributed by atoms with E-state index < -0.39 is 0 Å². The number of fused-ring (bicyclic) bond motifs is 1. The highest BCUT2D eigenvalue weighted by molar-refractivity contribution is 9.10. The van der Waals surface area contributed by atoms with Crippen molar-refractivity contribution in [3.8, 4) is 0 Å². The molecule has 2 heterocycles. The number of hydrogen-bond acceptors (Lipinski definition) is 4. The Labute approximate surface area is 166 Å². The van der Waals surface area contributed by atoms with E-state index in [-0.39, 0.29) is 11.9 Å². The van der Waals surface area contributed by atoms with Crippen LogP contribution in [0.3, 0.4) is 0 Å². The van der Waals surface area contributed by atoms with Gasteiger partial charge < -0.3 is 15.1 Å². The molecule has 0 saturated heterocycles. The second-order valence-electron chi connectivity index (χ2n) is 7.11. The highest BCUT2D eigenvalue weighted by atomic mass is 79.9. The fourth-order valence-electron chi connectivity index (χ4n) is 3.71. The lowest BCUT2D eigenvalue weighted by Gasteiger charge is -2.30. The summed E-state index contributed by atoms with van der Waals surface area (Å²) in [4.78, 5) is 17.0. The van der Waals surface area contributed by atoms with Crippen LogP contribution in [-0.2, 0) is 0 Å². The number of para-hydroxylation sites is 1. The normalized spacial score (nSPS) is 19.8. The number of carbonyl (C=O) groups excluding carboxylic acids is 1. The predicted molar refractivity (Wildman–Crippen MR) is 110 cm³/mol. The summed E-state index contributed by atoms with van der Waals surface area (Å²) in [7, 11) is 0. The van der Waals surface area contributed by atoms with E-state index in [9.17, 15) is 4.79 Å². The second kappa shape index (κ2) is 7.72. The Balaban J connectivity index is 1.34. The number of furan rings is 1. The van der Waals surface area contributed by atoms with Crippen molar-refractivity contribution in [3.05, 3.63) is 58.5 Å². The zero-order chi connectivity index (χ0) is 18.8. The van der Waals surface area contributed by atoms with Gasteiger partial charge >= 0.3 is 0 Å². The molecule has 140 valence electrons. The number of rotatable bonds is 4. The summed E-state index contributed by atoms with van der Waals surface area (Å²) in [5.74, 6) is 1.13. The summed E-state index contributed by atoms with van der Waals surface area (Å²) in [5.41, 5.74) is 2.25. The summed E-state index contributed by atoms with van der Waals surface area (Å²) in [6.07, 6.45) is 3.89. The van der Waals surface area contributed by atoms with E-state index in [0.717, 1.165) is 37.0 Å². The standard InChI is InChI=1S/C21H22BrN3O2/c1-13-12-20(25-17-5-3-2-4-16(13)17)23-14-6-8-15(9-7-14)24-21(26)18-10-11-19(22)27-18/h2-5,10-12,14-15H,6-9H2,1H3,(H,23,25)(H,24,26)/t14-,15+. The largest absolute Gasteiger partial charge is 0.444 e. The molecule has 27 heavy (non-hydrogen) atoms. The van der Waals surface area contributed by atoms with Crippen LogP contribution in [0, 0.1) is 6.92 Å². The number of benzene rings is 1. The highest BCUT2D eigenvalue weighted by Crippen LogP contribution is 2.25. The predicted octanol–water partition coefficient (Wildman–Crippen LogP) is 5.05. The molecule has 0 unspecified atom stereocenters. The van der Waals surface area contributed by atoms with Crippen LogP contribution in [-0.4, -0.2) is 23.0 Å². The van der Waals surface area contributed by atoms with Gasteiger partial charge in [-0.3, -0.25) is 4.79 Å². The molecule has 3 aromatic rings. The van der Waals surface area contributed by atoms with Crippen LogP contribution >= 0.6 is 15.9 Å². The van der Waals surface area contributed by atoms with Gasteiger partial charge in [0.2, 0.25) is 0 Å². The number of aryl methyl sites for hydroxylation is 1. The number of amides is 1. The van der Waals surface area contributed by atoms with Crippen LogP contribution in [0.5, 0.6) is 0 Å². The van der Waals surface area contributed by atoms with Crippen molar-refractivity contribution in [2.75, 3.05) is 5.32 Å². The van der Waals surface area contributed by atoms with Crippen LogP contribution in [0.15, 0.2) is 51.6 Å². The number of nitrogens with zero attached hydrogens (tertiary/aromatic N) is 1. The van der Waals surface area contributed by atoms with E-state index in [1.54, 1.807) is 12.1 Å². The maximum atomic E-state index is 12.2. The number of halogens is 1. The molecule has 2 N–H and O–H groups in total. The number of nitrogens with one attached hydrogen (secondary N) is 2. The summed E-state index contributed by atoms with van der Waals surface area (Å²) in [6.45, 7) is 2.12. The van der Waals surface area contributed by atoms with Gasteiger partial charge in [-0.15, -0.1) is 0 Å². The van der Waals surface area contributed by atoms with E-state index in [2.05, 4.69) is 45.6 Å². The first-order valence-electron chi connectivity index (χ1n) is 9.27. The lowest BCUT2D eigenvalue weighted by atomic mass is 9.91. The van der Waals surface area contributed by atoms with E-state index in [1.165, 1.54) is 10.9 Å². The van der Waals surface area contributed by atoms with Crippen molar-refractivity contribution in [1.82, 2.24) is 10.3 Å².